The fraction of sp³-hybridized carbons (Fsp3) is 0.250. The van der Waals surface area contributed by atoms with Gasteiger partial charge < -0.3 is 20.5 Å². The van der Waals surface area contributed by atoms with Crippen LogP contribution in [0.1, 0.15) is 26.3 Å². The molecule has 0 bridgehead atoms. The minimum atomic E-state index is -0.658. The zero-order chi connectivity index (χ0) is 30.7. The van der Waals surface area contributed by atoms with Crippen LogP contribution < -0.4 is 16.2 Å². The van der Waals surface area contributed by atoms with E-state index in [1.807, 2.05) is 30.3 Å². The number of rotatable bonds is 8. The Morgan fingerprint density at radius 2 is 1.77 bits per heavy atom. The number of hydrogen-bond acceptors (Lipinski definition) is 7. The van der Waals surface area contributed by atoms with Crippen LogP contribution >= 0.6 is 11.6 Å². The molecule has 10 nitrogen and oxygen atoms in total. The zero-order valence-corrected chi connectivity index (χ0v) is 25.1. The van der Waals surface area contributed by atoms with Crippen LogP contribution in [0.4, 0.5) is 10.7 Å². The average Bonchev–Trinajstić information content (AvgIpc) is 3.30. The van der Waals surface area contributed by atoms with Gasteiger partial charge in [0.1, 0.15) is 17.0 Å². The van der Waals surface area contributed by atoms with Crippen LogP contribution in [0.15, 0.2) is 84.0 Å². The number of nitrogens with zero attached hydrogens (tertiary/aromatic N) is 4. The molecule has 3 aromatic heterocycles. The maximum atomic E-state index is 14.0. The molecule has 3 heterocycles. The van der Waals surface area contributed by atoms with Crippen LogP contribution in [0.3, 0.4) is 0 Å². The van der Waals surface area contributed by atoms with E-state index in [1.54, 1.807) is 76.7 Å². The Balaban J connectivity index is 1.54. The number of alkyl carbamates (subject to hydrolysis) is 1. The molecule has 222 valence electrons. The summed E-state index contributed by atoms with van der Waals surface area (Å²) < 4.78 is 8.28. The number of halogens is 1. The van der Waals surface area contributed by atoms with Gasteiger partial charge in [-0.1, -0.05) is 48.0 Å². The number of aromatic nitrogens is 4. The van der Waals surface area contributed by atoms with E-state index >= 15 is 0 Å². The molecule has 0 radical (unpaired) electrons. The fourth-order valence-electron chi connectivity index (χ4n) is 4.79. The SMILES string of the molecule is Cn1c(NC[C@H](Cc2ccccc2)NC(=O)OC(C)(C)C)nc(-c2ccncc2)c(-n2cc3c(Cl)cccc3c2O)c1=O. The molecule has 0 aliphatic rings. The minimum absolute atomic E-state index is 0.128. The molecular formula is C32H33ClN6O4. The molecule has 3 N–H and O–H groups in total. The quantitative estimate of drug-likeness (QED) is 0.209. The van der Waals surface area contributed by atoms with E-state index in [0.717, 1.165) is 5.56 Å². The van der Waals surface area contributed by atoms with Crippen LogP contribution in [0, 0.1) is 0 Å². The third-order valence-electron chi connectivity index (χ3n) is 6.79. The highest BCUT2D eigenvalue weighted by Gasteiger charge is 2.24. The Morgan fingerprint density at radius 3 is 2.44 bits per heavy atom. The number of fused-ring (bicyclic) bond motifs is 1. The molecule has 0 aliphatic heterocycles. The van der Waals surface area contributed by atoms with Gasteiger partial charge in [0, 0.05) is 48.5 Å². The second-order valence-electron chi connectivity index (χ2n) is 11.2. The molecule has 5 aromatic rings. The molecule has 0 saturated heterocycles. The maximum absolute atomic E-state index is 14.0. The first-order valence-corrected chi connectivity index (χ1v) is 14.2. The van der Waals surface area contributed by atoms with Crippen molar-refractivity contribution in [2.24, 2.45) is 7.05 Å². The number of anilines is 1. The van der Waals surface area contributed by atoms with Crippen molar-refractivity contribution in [3.8, 4) is 22.8 Å². The van der Waals surface area contributed by atoms with Crippen molar-refractivity contribution in [2.45, 2.75) is 38.8 Å². The first-order valence-electron chi connectivity index (χ1n) is 13.8. The molecule has 5 rings (SSSR count). The summed E-state index contributed by atoms with van der Waals surface area (Å²) in [6, 6.07) is 18.0. The van der Waals surface area contributed by atoms with Crippen molar-refractivity contribution >= 4 is 34.4 Å². The summed E-state index contributed by atoms with van der Waals surface area (Å²) in [5.41, 5.74) is 1.07. The van der Waals surface area contributed by atoms with Gasteiger partial charge in [-0.2, -0.15) is 0 Å². The Bertz CT molecular complexity index is 1810. The Hall–Kier alpha value is -4.83. The molecule has 0 fully saturated rings. The molecule has 0 saturated carbocycles. The molecular weight excluding hydrogens is 568 g/mol. The van der Waals surface area contributed by atoms with Gasteiger partial charge >= 0.3 is 6.09 Å². The minimum Gasteiger partial charge on any atom is -0.494 e. The number of amides is 1. The van der Waals surface area contributed by atoms with Gasteiger partial charge in [-0.05, 0) is 57.0 Å². The number of carbonyl (C=O) groups excluding carboxylic acids is 1. The first kappa shape index (κ1) is 29.7. The smallest absolute Gasteiger partial charge is 0.407 e. The molecule has 1 atom stereocenters. The number of aromatic hydroxyl groups is 1. The average molecular weight is 601 g/mol. The number of nitrogens with one attached hydrogen (secondary N) is 2. The highest BCUT2D eigenvalue weighted by Crippen LogP contribution is 2.35. The summed E-state index contributed by atoms with van der Waals surface area (Å²) in [6.07, 6.45) is 4.81. The lowest BCUT2D eigenvalue weighted by Gasteiger charge is -2.24. The number of ether oxygens (including phenoxy) is 1. The number of benzene rings is 2. The van der Waals surface area contributed by atoms with E-state index in [4.69, 9.17) is 21.3 Å². The summed E-state index contributed by atoms with van der Waals surface area (Å²) in [4.78, 5) is 35.6. The topological polar surface area (TPSA) is 123 Å². The second-order valence-corrected chi connectivity index (χ2v) is 11.6. The van der Waals surface area contributed by atoms with Crippen LogP contribution in [0.25, 0.3) is 27.7 Å². The summed E-state index contributed by atoms with van der Waals surface area (Å²) in [5, 5.41) is 18.9. The predicted octanol–water partition coefficient (Wildman–Crippen LogP) is 5.69. The molecule has 2 aromatic carbocycles. The fourth-order valence-corrected chi connectivity index (χ4v) is 5.02. The molecule has 0 spiro atoms. The van der Waals surface area contributed by atoms with E-state index in [-0.39, 0.29) is 30.1 Å². The van der Waals surface area contributed by atoms with Gasteiger partial charge in [0.2, 0.25) is 11.8 Å². The van der Waals surface area contributed by atoms with Crippen LogP contribution in [0.5, 0.6) is 5.88 Å². The number of hydrogen-bond donors (Lipinski definition) is 3. The van der Waals surface area contributed by atoms with Crippen molar-refractivity contribution in [3.05, 3.63) is 100 Å². The van der Waals surface area contributed by atoms with Gasteiger partial charge in [0.25, 0.3) is 5.56 Å². The largest absolute Gasteiger partial charge is 0.494 e. The van der Waals surface area contributed by atoms with Gasteiger partial charge in [-0.3, -0.25) is 18.9 Å². The summed E-state index contributed by atoms with van der Waals surface area (Å²) in [5.74, 6) is 0.149. The monoisotopic (exact) mass is 600 g/mol. The van der Waals surface area contributed by atoms with E-state index in [2.05, 4.69) is 15.6 Å². The third kappa shape index (κ3) is 6.65. The molecule has 1 amide bonds. The van der Waals surface area contributed by atoms with Crippen LogP contribution in [-0.2, 0) is 18.2 Å². The lowest BCUT2D eigenvalue weighted by molar-refractivity contribution is 0.0507. The van der Waals surface area contributed by atoms with Crippen LogP contribution in [-0.4, -0.2) is 48.5 Å². The summed E-state index contributed by atoms with van der Waals surface area (Å²) >= 11 is 6.40. The summed E-state index contributed by atoms with van der Waals surface area (Å²) in [6.45, 7) is 5.66. The van der Waals surface area contributed by atoms with Crippen LogP contribution in [0.2, 0.25) is 5.02 Å². The van der Waals surface area contributed by atoms with Crippen molar-refractivity contribution in [2.75, 3.05) is 11.9 Å². The first-order chi connectivity index (χ1) is 20.5. The highest BCUT2D eigenvalue weighted by atomic mass is 35.5. The molecule has 11 heteroatoms. The van der Waals surface area contributed by atoms with E-state index in [0.29, 0.717) is 33.5 Å². The maximum Gasteiger partial charge on any atom is 0.407 e. The second kappa shape index (κ2) is 12.2. The third-order valence-corrected chi connectivity index (χ3v) is 7.12. The predicted molar refractivity (Wildman–Crippen MR) is 168 cm³/mol. The lowest BCUT2D eigenvalue weighted by atomic mass is 10.1. The van der Waals surface area contributed by atoms with Crippen molar-refractivity contribution in [1.82, 2.24) is 24.4 Å². The lowest BCUT2D eigenvalue weighted by Crippen LogP contribution is -2.44. The van der Waals surface area contributed by atoms with Gasteiger partial charge in [-0.15, -0.1) is 0 Å². The zero-order valence-electron chi connectivity index (χ0n) is 24.3. The Labute approximate surface area is 253 Å². The number of pyridine rings is 1. The van der Waals surface area contributed by atoms with Gasteiger partial charge in [-0.25, -0.2) is 9.78 Å². The van der Waals surface area contributed by atoms with Crippen molar-refractivity contribution in [3.63, 3.8) is 0 Å². The van der Waals surface area contributed by atoms with E-state index < -0.39 is 17.3 Å². The Kier molecular flexibility index (Phi) is 8.40. The standard InChI is InChI=1S/C32H33ClN6O4/c1-32(2,3)43-31(42)36-22(17-20-9-6-5-7-10-20)18-35-30-37-26(21-13-15-34-16-14-21)27(29(41)38(30)4)39-19-24-23(28(39)40)11-8-12-25(24)33/h5-16,19,22,40H,17-18H2,1-4H3,(H,35,37)(H,36,42)/t22-/m0/s1. The molecule has 0 aliphatic carbocycles. The molecule has 0 unspecified atom stereocenters. The summed E-state index contributed by atoms with van der Waals surface area (Å²) in [7, 11) is 1.60. The highest BCUT2D eigenvalue weighted by molar-refractivity contribution is 6.35. The van der Waals surface area contributed by atoms with Gasteiger partial charge in [0.15, 0.2) is 0 Å². The van der Waals surface area contributed by atoms with Crippen molar-refractivity contribution in [1.29, 1.82) is 0 Å². The van der Waals surface area contributed by atoms with E-state index in [1.165, 1.54) is 9.13 Å². The van der Waals surface area contributed by atoms with E-state index in [9.17, 15) is 14.7 Å². The molecule has 43 heavy (non-hydrogen) atoms. The Morgan fingerprint density at radius 1 is 1.05 bits per heavy atom. The van der Waals surface area contributed by atoms with Crippen molar-refractivity contribution < 1.29 is 14.6 Å². The van der Waals surface area contributed by atoms with Gasteiger partial charge in [0.05, 0.1) is 11.1 Å². The normalized spacial score (nSPS) is 12.2. The number of carbonyl (C=O) groups is 1.